The number of rotatable bonds is 16. The van der Waals surface area contributed by atoms with Gasteiger partial charge in [0.15, 0.2) is 0 Å². The van der Waals surface area contributed by atoms with Crippen molar-refractivity contribution in [3.63, 3.8) is 0 Å². The van der Waals surface area contributed by atoms with Crippen molar-refractivity contribution in [2.45, 2.75) is 69.9 Å². The highest BCUT2D eigenvalue weighted by Crippen LogP contribution is 2.65. The van der Waals surface area contributed by atoms with Gasteiger partial charge >= 0.3 is 0 Å². The Hall–Kier alpha value is -4.73. The Kier molecular flexibility index (Phi) is 11.0. The molecule has 3 aliphatic rings. The van der Waals surface area contributed by atoms with Crippen molar-refractivity contribution in [2.24, 2.45) is 11.8 Å². The lowest BCUT2D eigenvalue weighted by atomic mass is 9.64. The highest BCUT2D eigenvalue weighted by Gasteiger charge is 2.79. The summed E-state index contributed by atoms with van der Waals surface area (Å²) in [6.45, 7) is 16.2. The number of hydrogen-bond acceptors (Lipinski definition) is 6. The number of hydrogen-bond donors (Lipinski definition) is 1. The molecule has 9 nitrogen and oxygen atoms in total. The summed E-state index contributed by atoms with van der Waals surface area (Å²) in [4.78, 5) is 52.7. The molecule has 3 aromatic carbocycles. The van der Waals surface area contributed by atoms with Crippen LogP contribution in [0.4, 0.5) is 11.4 Å². The number of fused-ring (bicyclic) bond motifs is 1. The number of aliphatic hydroxyl groups excluding tert-OH is 1. The summed E-state index contributed by atoms with van der Waals surface area (Å²) in [7, 11) is 0. The molecule has 2 bridgehead atoms. The van der Waals surface area contributed by atoms with Crippen molar-refractivity contribution in [3.05, 3.63) is 121 Å². The molecule has 0 radical (unpaired) electrons. The zero-order valence-electron chi connectivity index (χ0n) is 30.7. The number of benzene rings is 3. The van der Waals surface area contributed by atoms with E-state index < -0.39 is 41.7 Å². The first-order chi connectivity index (χ1) is 25.2. The van der Waals surface area contributed by atoms with Crippen LogP contribution in [0.5, 0.6) is 0 Å². The van der Waals surface area contributed by atoms with Gasteiger partial charge in [-0.1, -0.05) is 79.7 Å². The van der Waals surface area contributed by atoms with Crippen LogP contribution in [0.1, 0.15) is 57.2 Å². The van der Waals surface area contributed by atoms with Gasteiger partial charge in [-0.25, -0.2) is 0 Å². The molecular weight excluding hydrogens is 652 g/mol. The van der Waals surface area contributed by atoms with Gasteiger partial charge in [0, 0.05) is 44.1 Å². The van der Waals surface area contributed by atoms with Gasteiger partial charge in [-0.3, -0.25) is 14.4 Å². The normalized spacial score (nSPS) is 25.0. The van der Waals surface area contributed by atoms with E-state index in [1.165, 1.54) is 0 Å². The van der Waals surface area contributed by atoms with Crippen LogP contribution in [-0.4, -0.2) is 82.7 Å². The topological polar surface area (TPSA) is 93.6 Å². The summed E-state index contributed by atoms with van der Waals surface area (Å²) in [6, 6.07) is 25.0. The van der Waals surface area contributed by atoms with Gasteiger partial charge in [0.2, 0.25) is 11.8 Å². The third kappa shape index (κ3) is 6.24. The molecule has 0 saturated carbocycles. The smallest absolute Gasteiger partial charge is 0.253 e. The van der Waals surface area contributed by atoms with E-state index in [0.29, 0.717) is 43.6 Å². The minimum absolute atomic E-state index is 0.186. The lowest BCUT2D eigenvalue weighted by Crippen LogP contribution is -2.57. The Labute approximate surface area is 308 Å². The number of likely N-dealkylation sites (tertiary alicyclic amines) is 1. The van der Waals surface area contributed by atoms with E-state index in [1.807, 2.05) is 91.9 Å². The van der Waals surface area contributed by atoms with Crippen LogP contribution >= 0.6 is 0 Å². The van der Waals surface area contributed by atoms with E-state index >= 15 is 9.59 Å². The molecule has 3 aromatic rings. The minimum Gasteiger partial charge on any atom is -0.394 e. The van der Waals surface area contributed by atoms with Crippen LogP contribution in [0, 0.1) is 11.8 Å². The lowest BCUT2D eigenvalue weighted by Gasteiger charge is -2.40. The van der Waals surface area contributed by atoms with E-state index in [4.69, 9.17) is 4.74 Å². The molecule has 9 heteroatoms. The maximum absolute atomic E-state index is 15.4. The molecule has 0 aliphatic carbocycles. The van der Waals surface area contributed by atoms with Gasteiger partial charge < -0.3 is 29.4 Å². The van der Waals surface area contributed by atoms with Crippen LogP contribution in [0.25, 0.3) is 0 Å². The predicted octanol–water partition coefficient (Wildman–Crippen LogP) is 6.16. The Bertz CT molecular complexity index is 1750. The standard InChI is InChI=1S/C43H52N4O5/c1-6-27-45(29-31-17-13-11-14-18-31)39(49)36-37-40(50)47(35(30-48)32-19-15-12-16-20-32)38(43(37)26-25-42(36,8-3)52-43)41(51)46(28-7-2)34-23-21-33(22-24-34)44(9-4)10-5/h6-7,11-24,35-38,48H,1-2,8-10,25-30H2,3-5H3/t35-,36+,37+,38?,42-,43?/m1/s1. The molecule has 3 fully saturated rings. The van der Waals surface area contributed by atoms with Crippen LogP contribution in [0.2, 0.25) is 0 Å². The molecule has 3 heterocycles. The number of anilines is 2. The molecule has 1 spiro atoms. The summed E-state index contributed by atoms with van der Waals surface area (Å²) in [5.74, 6) is -2.59. The monoisotopic (exact) mass is 704 g/mol. The fourth-order valence-electron chi connectivity index (χ4n) is 9.10. The van der Waals surface area contributed by atoms with Gasteiger partial charge in [0.1, 0.15) is 11.6 Å². The second-order valence-electron chi connectivity index (χ2n) is 14.1. The Morgan fingerprint density at radius 3 is 2.08 bits per heavy atom. The summed E-state index contributed by atoms with van der Waals surface area (Å²) >= 11 is 0. The van der Waals surface area contributed by atoms with Crippen molar-refractivity contribution >= 4 is 29.1 Å². The number of ether oxygens (including phenoxy) is 1. The Morgan fingerprint density at radius 2 is 1.50 bits per heavy atom. The maximum atomic E-state index is 15.4. The Morgan fingerprint density at radius 1 is 0.885 bits per heavy atom. The lowest BCUT2D eigenvalue weighted by molar-refractivity contribution is -0.154. The number of nitrogens with zero attached hydrogens (tertiary/aromatic N) is 4. The molecule has 6 atom stereocenters. The van der Waals surface area contributed by atoms with Crippen molar-refractivity contribution in [2.75, 3.05) is 42.6 Å². The fourth-order valence-corrected chi connectivity index (χ4v) is 9.10. The quantitative estimate of drug-likeness (QED) is 0.180. The molecule has 3 amide bonds. The fraction of sp³-hybridized carbons (Fsp3) is 0.419. The first-order valence-corrected chi connectivity index (χ1v) is 18.6. The van der Waals surface area contributed by atoms with Crippen molar-refractivity contribution < 1.29 is 24.2 Å². The number of amides is 3. The Balaban J connectivity index is 1.47. The van der Waals surface area contributed by atoms with E-state index in [9.17, 15) is 9.90 Å². The SMILES string of the molecule is C=CCN(Cc1ccccc1)C(=O)[C@@H]1[C@H]2C(=O)N([C@H](CO)c3ccccc3)C(C(=O)N(CC=C)c3ccc(N(CC)CC)cc3)C23CC[C@@]1(CC)O3. The second-order valence-corrected chi connectivity index (χ2v) is 14.1. The van der Waals surface area contributed by atoms with Gasteiger partial charge in [-0.15, -0.1) is 13.2 Å². The average molecular weight is 705 g/mol. The highest BCUT2D eigenvalue weighted by atomic mass is 16.5. The van der Waals surface area contributed by atoms with Gasteiger partial charge in [0.25, 0.3) is 5.91 Å². The molecule has 6 rings (SSSR count). The maximum Gasteiger partial charge on any atom is 0.253 e. The van der Waals surface area contributed by atoms with E-state index in [2.05, 4.69) is 31.9 Å². The van der Waals surface area contributed by atoms with Gasteiger partial charge in [-0.05, 0) is 68.5 Å². The van der Waals surface area contributed by atoms with Gasteiger partial charge in [0.05, 0.1) is 30.1 Å². The third-order valence-corrected chi connectivity index (χ3v) is 11.6. The zero-order chi connectivity index (χ0) is 37.0. The van der Waals surface area contributed by atoms with Crippen molar-refractivity contribution in [1.29, 1.82) is 0 Å². The summed E-state index contributed by atoms with van der Waals surface area (Å²) in [5, 5.41) is 11.0. The molecule has 0 aromatic heterocycles. The molecule has 3 aliphatic heterocycles. The average Bonchev–Trinajstić information content (AvgIpc) is 3.79. The summed E-state index contributed by atoms with van der Waals surface area (Å²) in [5.41, 5.74) is 1.17. The van der Waals surface area contributed by atoms with E-state index in [0.717, 1.165) is 24.3 Å². The number of carbonyl (C=O) groups excluding carboxylic acids is 3. The van der Waals surface area contributed by atoms with Crippen LogP contribution in [0.3, 0.4) is 0 Å². The van der Waals surface area contributed by atoms with Crippen LogP contribution < -0.4 is 9.80 Å². The van der Waals surface area contributed by atoms with Crippen molar-refractivity contribution in [3.8, 4) is 0 Å². The van der Waals surface area contributed by atoms with Gasteiger partial charge in [-0.2, -0.15) is 0 Å². The summed E-state index contributed by atoms with van der Waals surface area (Å²) in [6.07, 6.45) is 4.85. The molecule has 274 valence electrons. The predicted molar refractivity (Wildman–Crippen MR) is 205 cm³/mol. The molecule has 52 heavy (non-hydrogen) atoms. The van der Waals surface area contributed by atoms with E-state index in [-0.39, 0.29) is 24.3 Å². The number of aliphatic hydroxyl groups is 1. The molecular formula is C43H52N4O5. The zero-order valence-corrected chi connectivity index (χ0v) is 30.7. The molecule has 1 N–H and O–H groups in total. The summed E-state index contributed by atoms with van der Waals surface area (Å²) < 4.78 is 7.14. The minimum atomic E-state index is -1.28. The largest absolute Gasteiger partial charge is 0.394 e. The van der Waals surface area contributed by atoms with Crippen LogP contribution in [-0.2, 0) is 25.7 Å². The first-order valence-electron chi connectivity index (χ1n) is 18.6. The highest BCUT2D eigenvalue weighted by molar-refractivity contribution is 6.05. The second kappa shape index (κ2) is 15.5. The molecule has 3 saturated heterocycles. The number of carbonyl (C=O) groups is 3. The molecule has 2 unspecified atom stereocenters. The first kappa shape index (κ1) is 37.0. The third-order valence-electron chi connectivity index (χ3n) is 11.6. The van der Waals surface area contributed by atoms with Crippen molar-refractivity contribution in [1.82, 2.24) is 9.80 Å². The van der Waals surface area contributed by atoms with Crippen LogP contribution in [0.15, 0.2) is 110 Å². The van der Waals surface area contributed by atoms with E-state index in [1.54, 1.807) is 26.9 Å².